The Bertz CT molecular complexity index is 745. The van der Waals surface area contributed by atoms with E-state index in [0.29, 0.717) is 4.90 Å². The van der Waals surface area contributed by atoms with Crippen molar-refractivity contribution >= 4 is 29.3 Å². The van der Waals surface area contributed by atoms with Gasteiger partial charge in [-0.2, -0.15) is 0 Å². The number of aryl methyl sites for hydroxylation is 1. The lowest BCUT2D eigenvalue weighted by Crippen LogP contribution is -2.36. The number of aromatic carboxylic acids is 1. The number of nitrogens with zero attached hydrogens (tertiary/aromatic N) is 1. The molecule has 1 aliphatic rings. The highest BCUT2D eigenvalue weighted by atomic mass is 32.2. The van der Waals surface area contributed by atoms with Crippen LogP contribution in [-0.2, 0) is 11.2 Å². The van der Waals surface area contributed by atoms with Crippen LogP contribution in [0.15, 0.2) is 53.4 Å². The molecule has 5 heteroatoms. The number of anilines is 1. The maximum absolute atomic E-state index is 12.6. The Morgan fingerprint density at radius 3 is 2.65 bits per heavy atom. The molecule has 0 radical (unpaired) electrons. The second-order valence-corrected chi connectivity index (χ2v) is 6.38. The molecule has 23 heavy (non-hydrogen) atoms. The predicted molar refractivity (Wildman–Crippen MR) is 91.2 cm³/mol. The standard InChI is InChI=1S/C18H17NO3S/c20-17(12-23-16-10-4-2-8-14(16)18(21)22)19-11-5-7-13-6-1-3-9-15(13)19/h1-4,6,8-10H,5,7,11-12H2,(H,21,22). The number of fused-ring (bicyclic) bond motifs is 1. The summed E-state index contributed by atoms with van der Waals surface area (Å²) in [4.78, 5) is 26.2. The average molecular weight is 327 g/mol. The first-order valence-electron chi connectivity index (χ1n) is 7.50. The number of carbonyl (C=O) groups is 2. The van der Waals surface area contributed by atoms with Crippen molar-refractivity contribution in [1.82, 2.24) is 0 Å². The third-order valence-electron chi connectivity index (χ3n) is 3.88. The molecule has 4 nitrogen and oxygen atoms in total. The monoisotopic (exact) mass is 327 g/mol. The molecule has 1 heterocycles. The lowest BCUT2D eigenvalue weighted by atomic mass is 10.0. The zero-order valence-corrected chi connectivity index (χ0v) is 13.4. The Kier molecular flexibility index (Phi) is 4.67. The second-order valence-electron chi connectivity index (χ2n) is 5.37. The van der Waals surface area contributed by atoms with Gasteiger partial charge in [-0.05, 0) is 36.6 Å². The van der Waals surface area contributed by atoms with E-state index in [1.165, 1.54) is 17.3 Å². The van der Waals surface area contributed by atoms with Gasteiger partial charge in [-0.25, -0.2) is 4.79 Å². The van der Waals surface area contributed by atoms with Crippen LogP contribution >= 0.6 is 11.8 Å². The van der Waals surface area contributed by atoms with Crippen LogP contribution in [0.4, 0.5) is 5.69 Å². The van der Waals surface area contributed by atoms with Gasteiger partial charge < -0.3 is 10.0 Å². The summed E-state index contributed by atoms with van der Waals surface area (Å²) in [5.41, 5.74) is 2.42. The van der Waals surface area contributed by atoms with Crippen LogP contribution in [0, 0.1) is 0 Å². The number of amides is 1. The molecular weight excluding hydrogens is 310 g/mol. The van der Waals surface area contributed by atoms with Crippen LogP contribution in [0.5, 0.6) is 0 Å². The first-order chi connectivity index (χ1) is 11.2. The number of carbonyl (C=O) groups excluding carboxylic acids is 1. The lowest BCUT2D eigenvalue weighted by molar-refractivity contribution is -0.116. The minimum absolute atomic E-state index is 0.0161. The number of carboxylic acid groups (broad SMARTS) is 1. The van der Waals surface area contributed by atoms with Gasteiger partial charge in [0, 0.05) is 17.1 Å². The summed E-state index contributed by atoms with van der Waals surface area (Å²) in [6.07, 6.45) is 1.95. The fourth-order valence-electron chi connectivity index (χ4n) is 2.78. The number of rotatable bonds is 4. The third kappa shape index (κ3) is 3.40. The first kappa shape index (κ1) is 15.6. The van der Waals surface area contributed by atoms with Gasteiger partial charge in [-0.15, -0.1) is 11.8 Å². The largest absolute Gasteiger partial charge is 0.478 e. The lowest BCUT2D eigenvalue weighted by Gasteiger charge is -2.29. The topological polar surface area (TPSA) is 57.6 Å². The zero-order valence-electron chi connectivity index (χ0n) is 12.6. The number of hydrogen-bond donors (Lipinski definition) is 1. The fraction of sp³-hybridized carbons (Fsp3) is 0.222. The number of para-hydroxylation sites is 1. The van der Waals surface area contributed by atoms with E-state index in [1.54, 1.807) is 24.3 Å². The first-order valence-corrected chi connectivity index (χ1v) is 8.49. The van der Waals surface area contributed by atoms with Crippen LogP contribution in [-0.4, -0.2) is 29.3 Å². The molecule has 118 valence electrons. The van der Waals surface area contributed by atoms with E-state index in [9.17, 15) is 14.7 Å². The van der Waals surface area contributed by atoms with Gasteiger partial charge in [0.25, 0.3) is 0 Å². The van der Waals surface area contributed by atoms with Gasteiger partial charge in [0.2, 0.25) is 5.91 Å². The average Bonchev–Trinajstić information content (AvgIpc) is 2.59. The Balaban J connectivity index is 1.73. The number of benzene rings is 2. The van der Waals surface area contributed by atoms with E-state index in [4.69, 9.17) is 0 Å². The normalized spacial score (nSPS) is 13.5. The van der Waals surface area contributed by atoms with E-state index in [0.717, 1.165) is 25.1 Å². The molecule has 0 spiro atoms. The van der Waals surface area contributed by atoms with Gasteiger partial charge in [0.1, 0.15) is 0 Å². The molecule has 3 rings (SSSR count). The molecule has 0 saturated carbocycles. The van der Waals surface area contributed by atoms with Gasteiger partial charge in [0.05, 0.1) is 11.3 Å². The second kappa shape index (κ2) is 6.87. The summed E-state index contributed by atoms with van der Waals surface area (Å²) in [7, 11) is 0. The molecule has 0 fully saturated rings. The van der Waals surface area contributed by atoms with Crippen molar-refractivity contribution in [3.8, 4) is 0 Å². The van der Waals surface area contributed by atoms with Crippen LogP contribution in [0.2, 0.25) is 0 Å². The molecule has 1 aliphatic heterocycles. The molecular formula is C18H17NO3S. The molecule has 2 aromatic rings. The van der Waals surface area contributed by atoms with Crippen LogP contribution in [0.1, 0.15) is 22.3 Å². The zero-order chi connectivity index (χ0) is 16.2. The highest BCUT2D eigenvalue weighted by Crippen LogP contribution is 2.29. The van der Waals surface area contributed by atoms with Gasteiger partial charge in [0.15, 0.2) is 0 Å². The summed E-state index contributed by atoms with van der Waals surface area (Å²) in [6.45, 7) is 0.719. The van der Waals surface area contributed by atoms with Gasteiger partial charge in [-0.1, -0.05) is 30.3 Å². The van der Waals surface area contributed by atoms with Crippen molar-refractivity contribution < 1.29 is 14.7 Å². The molecule has 0 unspecified atom stereocenters. The van der Waals surface area contributed by atoms with E-state index >= 15 is 0 Å². The van der Waals surface area contributed by atoms with Crippen LogP contribution < -0.4 is 4.90 Å². The predicted octanol–water partition coefficient (Wildman–Crippen LogP) is 3.46. The van der Waals surface area contributed by atoms with Crippen molar-refractivity contribution in [2.45, 2.75) is 17.7 Å². The summed E-state index contributed by atoms with van der Waals surface area (Å²) >= 11 is 1.28. The smallest absolute Gasteiger partial charge is 0.336 e. The van der Waals surface area contributed by atoms with Gasteiger partial charge >= 0.3 is 5.97 Å². The molecule has 2 aromatic carbocycles. The maximum atomic E-state index is 12.6. The minimum Gasteiger partial charge on any atom is -0.478 e. The molecule has 0 bridgehead atoms. The molecule has 0 aliphatic carbocycles. The Morgan fingerprint density at radius 2 is 1.83 bits per heavy atom. The quantitative estimate of drug-likeness (QED) is 0.874. The highest BCUT2D eigenvalue weighted by molar-refractivity contribution is 8.00. The fourth-order valence-corrected chi connectivity index (χ4v) is 3.70. The number of carboxylic acids is 1. The molecule has 0 saturated heterocycles. The van der Waals surface area contributed by atoms with Crippen LogP contribution in [0.25, 0.3) is 0 Å². The van der Waals surface area contributed by atoms with Crippen molar-refractivity contribution in [3.05, 3.63) is 59.7 Å². The maximum Gasteiger partial charge on any atom is 0.336 e. The van der Waals surface area contributed by atoms with Crippen LogP contribution in [0.3, 0.4) is 0 Å². The summed E-state index contributed by atoms with van der Waals surface area (Å²) in [6, 6.07) is 14.7. The number of hydrogen-bond acceptors (Lipinski definition) is 3. The van der Waals surface area contributed by atoms with E-state index < -0.39 is 5.97 Å². The third-order valence-corrected chi connectivity index (χ3v) is 4.94. The molecule has 0 atom stereocenters. The highest BCUT2D eigenvalue weighted by Gasteiger charge is 2.22. The molecule has 1 N–H and O–H groups in total. The minimum atomic E-state index is -0.969. The SMILES string of the molecule is O=C(O)c1ccccc1SCC(=O)N1CCCc2ccccc21. The number of thioether (sulfide) groups is 1. The summed E-state index contributed by atoms with van der Waals surface area (Å²) in [5.74, 6) is -0.718. The Morgan fingerprint density at radius 1 is 1.09 bits per heavy atom. The van der Waals surface area contributed by atoms with E-state index in [2.05, 4.69) is 6.07 Å². The summed E-state index contributed by atoms with van der Waals surface area (Å²) in [5, 5.41) is 9.20. The summed E-state index contributed by atoms with van der Waals surface area (Å²) < 4.78 is 0. The van der Waals surface area contributed by atoms with E-state index in [-0.39, 0.29) is 17.2 Å². The van der Waals surface area contributed by atoms with Crippen molar-refractivity contribution in [2.24, 2.45) is 0 Å². The van der Waals surface area contributed by atoms with Gasteiger partial charge in [-0.3, -0.25) is 4.79 Å². The Hall–Kier alpha value is -2.27. The molecule has 1 amide bonds. The van der Waals surface area contributed by atoms with Crippen molar-refractivity contribution in [3.63, 3.8) is 0 Å². The van der Waals surface area contributed by atoms with E-state index in [1.807, 2.05) is 23.1 Å². The Labute approximate surface area is 139 Å². The molecule has 0 aromatic heterocycles. The van der Waals surface area contributed by atoms with Crippen molar-refractivity contribution in [1.29, 1.82) is 0 Å². The van der Waals surface area contributed by atoms with Crippen molar-refractivity contribution in [2.75, 3.05) is 17.2 Å².